The van der Waals surface area contributed by atoms with E-state index in [4.69, 9.17) is 0 Å². The molecule has 1 unspecified atom stereocenters. The quantitative estimate of drug-likeness (QED) is 0.630. The molecule has 1 nitrogen and oxygen atoms in total. The summed E-state index contributed by atoms with van der Waals surface area (Å²) >= 11 is 2.11. The van der Waals surface area contributed by atoms with Crippen molar-refractivity contribution in [3.05, 3.63) is 0 Å². The molecule has 2 heteroatoms. The van der Waals surface area contributed by atoms with E-state index in [1.807, 2.05) is 0 Å². The number of rotatable bonds is 4. The highest BCUT2D eigenvalue weighted by molar-refractivity contribution is 8.00. The molecule has 1 atom stereocenters. The number of thioether (sulfide) groups is 1. The van der Waals surface area contributed by atoms with Crippen LogP contribution in [0.15, 0.2) is 0 Å². The van der Waals surface area contributed by atoms with Crippen LogP contribution in [-0.2, 0) is 0 Å². The topological polar surface area (TPSA) is 12.0 Å². The molecule has 1 fully saturated rings. The summed E-state index contributed by atoms with van der Waals surface area (Å²) in [6.45, 7) is 4.55. The minimum atomic E-state index is 0.674. The molecular weight excluding hydrogens is 142 g/mol. The van der Waals surface area contributed by atoms with Crippen LogP contribution < -0.4 is 5.32 Å². The third-order valence-corrected chi connectivity index (χ3v) is 3.68. The van der Waals surface area contributed by atoms with E-state index in [0.717, 1.165) is 11.2 Å². The van der Waals surface area contributed by atoms with Crippen molar-refractivity contribution in [3.63, 3.8) is 0 Å². The first kappa shape index (κ1) is 8.41. The van der Waals surface area contributed by atoms with Gasteiger partial charge in [-0.05, 0) is 25.8 Å². The number of nitrogens with one attached hydrogen (secondary N) is 1. The molecule has 0 aliphatic heterocycles. The maximum Gasteiger partial charge on any atom is 0.0555 e. The van der Waals surface area contributed by atoms with Crippen molar-refractivity contribution in [1.29, 1.82) is 0 Å². The molecule has 1 aliphatic rings. The molecule has 0 saturated heterocycles. The van der Waals surface area contributed by atoms with E-state index >= 15 is 0 Å². The molecule has 0 radical (unpaired) electrons. The van der Waals surface area contributed by atoms with Crippen LogP contribution >= 0.6 is 11.8 Å². The maximum atomic E-state index is 3.34. The summed E-state index contributed by atoms with van der Waals surface area (Å²) in [5.74, 6) is 0.760. The highest BCUT2D eigenvalue weighted by Gasteiger charge is 2.26. The van der Waals surface area contributed by atoms with Gasteiger partial charge in [0.15, 0.2) is 0 Å². The summed E-state index contributed by atoms with van der Waals surface area (Å²) in [6, 6.07) is 0. The van der Waals surface area contributed by atoms with Crippen LogP contribution in [0.25, 0.3) is 0 Å². The van der Waals surface area contributed by atoms with Crippen molar-refractivity contribution < 1.29 is 0 Å². The smallest absolute Gasteiger partial charge is 0.0555 e. The molecule has 0 heterocycles. The zero-order valence-corrected chi connectivity index (χ0v) is 7.87. The van der Waals surface area contributed by atoms with Gasteiger partial charge >= 0.3 is 0 Å². The molecule has 0 bridgehead atoms. The van der Waals surface area contributed by atoms with E-state index in [1.54, 1.807) is 0 Å². The van der Waals surface area contributed by atoms with Crippen LogP contribution in [0.1, 0.15) is 26.7 Å². The molecule has 0 aromatic rings. The zero-order valence-electron chi connectivity index (χ0n) is 7.05. The normalized spacial score (nSPS) is 21.6. The maximum absolute atomic E-state index is 3.34. The molecule has 1 saturated carbocycles. The van der Waals surface area contributed by atoms with Crippen molar-refractivity contribution in [3.8, 4) is 0 Å². The van der Waals surface area contributed by atoms with Crippen molar-refractivity contribution in [2.75, 3.05) is 7.05 Å². The highest BCUT2D eigenvalue weighted by atomic mass is 32.2. The molecule has 60 valence electrons. The Morgan fingerprint density at radius 3 is 2.30 bits per heavy atom. The molecule has 1 rings (SSSR count). The number of hydrogen-bond acceptors (Lipinski definition) is 2. The van der Waals surface area contributed by atoms with Crippen LogP contribution in [0.2, 0.25) is 0 Å². The van der Waals surface area contributed by atoms with Crippen LogP contribution in [-0.4, -0.2) is 17.7 Å². The standard InChI is InChI=1S/C8H17NS/c1-6(2)8(9-3)10-7-4-5-7/h6-9H,4-5H2,1-3H3. The van der Waals surface area contributed by atoms with Gasteiger partial charge in [-0.15, -0.1) is 11.8 Å². The van der Waals surface area contributed by atoms with Gasteiger partial charge in [-0.3, -0.25) is 0 Å². The van der Waals surface area contributed by atoms with Gasteiger partial charge in [0, 0.05) is 5.25 Å². The first-order valence-corrected chi connectivity index (χ1v) is 5.01. The SMILES string of the molecule is CNC(SC1CC1)C(C)C. The lowest BCUT2D eigenvalue weighted by atomic mass is 10.2. The molecule has 10 heavy (non-hydrogen) atoms. The minimum Gasteiger partial charge on any atom is -0.308 e. The minimum absolute atomic E-state index is 0.674. The lowest BCUT2D eigenvalue weighted by molar-refractivity contribution is 0.552. The van der Waals surface area contributed by atoms with E-state index in [9.17, 15) is 0 Å². The second kappa shape index (κ2) is 3.63. The Hall–Kier alpha value is 0.310. The van der Waals surface area contributed by atoms with Gasteiger partial charge in [-0.1, -0.05) is 13.8 Å². The van der Waals surface area contributed by atoms with Gasteiger partial charge in [-0.25, -0.2) is 0 Å². The largest absolute Gasteiger partial charge is 0.308 e. The Bertz CT molecular complexity index is 99.4. The molecule has 0 amide bonds. The average Bonchev–Trinajstić information content (AvgIpc) is 2.64. The van der Waals surface area contributed by atoms with E-state index < -0.39 is 0 Å². The number of hydrogen-bond donors (Lipinski definition) is 1. The fraction of sp³-hybridized carbons (Fsp3) is 1.00. The van der Waals surface area contributed by atoms with Crippen molar-refractivity contribution in [2.24, 2.45) is 5.92 Å². The lowest BCUT2D eigenvalue weighted by Gasteiger charge is -2.18. The summed E-state index contributed by atoms with van der Waals surface area (Å²) in [4.78, 5) is 0. The lowest BCUT2D eigenvalue weighted by Crippen LogP contribution is -2.27. The molecular formula is C8H17NS. The van der Waals surface area contributed by atoms with Gasteiger partial charge in [0.2, 0.25) is 0 Å². The molecule has 0 aromatic heterocycles. The first-order valence-electron chi connectivity index (χ1n) is 4.06. The third kappa shape index (κ3) is 2.51. The Morgan fingerprint density at radius 1 is 1.40 bits per heavy atom. The van der Waals surface area contributed by atoms with Crippen LogP contribution in [0.5, 0.6) is 0 Å². The summed E-state index contributed by atoms with van der Waals surface area (Å²) in [5, 5.41) is 4.98. The predicted molar refractivity (Wildman–Crippen MR) is 48.3 cm³/mol. The van der Waals surface area contributed by atoms with E-state index in [1.165, 1.54) is 12.8 Å². The molecule has 0 spiro atoms. The van der Waals surface area contributed by atoms with Crippen molar-refractivity contribution >= 4 is 11.8 Å². The predicted octanol–water partition coefficient (Wildman–Crippen LogP) is 2.08. The van der Waals surface area contributed by atoms with Crippen LogP contribution in [0.4, 0.5) is 0 Å². The van der Waals surface area contributed by atoms with Gasteiger partial charge in [0.1, 0.15) is 0 Å². The Labute approximate surface area is 68.0 Å². The van der Waals surface area contributed by atoms with Crippen LogP contribution in [0, 0.1) is 5.92 Å². The third-order valence-electron chi connectivity index (χ3n) is 1.75. The summed E-state index contributed by atoms with van der Waals surface area (Å²) in [5.41, 5.74) is 0. The second-order valence-corrected chi connectivity index (χ2v) is 4.74. The second-order valence-electron chi connectivity index (χ2n) is 3.29. The zero-order chi connectivity index (χ0) is 7.56. The monoisotopic (exact) mass is 159 g/mol. The Balaban J connectivity index is 2.17. The van der Waals surface area contributed by atoms with Gasteiger partial charge in [-0.2, -0.15) is 0 Å². The Morgan fingerprint density at radius 2 is 2.00 bits per heavy atom. The fourth-order valence-corrected chi connectivity index (χ4v) is 2.24. The van der Waals surface area contributed by atoms with Gasteiger partial charge in [0.25, 0.3) is 0 Å². The van der Waals surface area contributed by atoms with Crippen molar-refractivity contribution in [1.82, 2.24) is 5.32 Å². The van der Waals surface area contributed by atoms with Gasteiger partial charge < -0.3 is 5.32 Å². The molecule has 1 aliphatic carbocycles. The Kier molecular flexibility index (Phi) is 3.05. The van der Waals surface area contributed by atoms with Crippen molar-refractivity contribution in [2.45, 2.75) is 37.3 Å². The van der Waals surface area contributed by atoms with Crippen LogP contribution in [0.3, 0.4) is 0 Å². The summed E-state index contributed by atoms with van der Waals surface area (Å²) in [7, 11) is 2.06. The van der Waals surface area contributed by atoms with E-state index in [-0.39, 0.29) is 0 Å². The summed E-state index contributed by atoms with van der Waals surface area (Å²) < 4.78 is 0. The highest BCUT2D eigenvalue weighted by Crippen LogP contribution is 2.37. The first-order chi connectivity index (χ1) is 4.74. The molecule has 0 aromatic carbocycles. The van der Waals surface area contributed by atoms with E-state index in [0.29, 0.717) is 5.37 Å². The van der Waals surface area contributed by atoms with Gasteiger partial charge in [0.05, 0.1) is 5.37 Å². The fourth-order valence-electron chi connectivity index (χ4n) is 0.970. The summed E-state index contributed by atoms with van der Waals surface area (Å²) in [6.07, 6.45) is 2.88. The molecule has 1 N–H and O–H groups in total. The average molecular weight is 159 g/mol. The van der Waals surface area contributed by atoms with E-state index in [2.05, 4.69) is 38.0 Å².